The monoisotopic (exact) mass is 312 g/mol. The molecule has 0 aliphatic rings. The summed E-state index contributed by atoms with van der Waals surface area (Å²) < 4.78 is 5.10. The minimum absolute atomic E-state index is 0.487. The van der Waals surface area contributed by atoms with E-state index in [4.69, 9.17) is 29.2 Å². The summed E-state index contributed by atoms with van der Waals surface area (Å²) in [6.07, 6.45) is 1.02. The van der Waals surface area contributed by atoms with E-state index < -0.39 is 0 Å². The molecule has 0 bridgehead atoms. The van der Waals surface area contributed by atoms with E-state index in [1.165, 1.54) is 0 Å². The van der Waals surface area contributed by atoms with Crippen LogP contribution in [0, 0.1) is 0 Å². The fourth-order valence-electron chi connectivity index (χ4n) is 1.37. The van der Waals surface area contributed by atoms with Gasteiger partial charge in [0.15, 0.2) is 10.2 Å². The molecule has 1 aromatic rings. The van der Waals surface area contributed by atoms with Crippen molar-refractivity contribution < 1.29 is 4.74 Å². The average Bonchev–Trinajstić information content (AvgIpc) is 2.49. The average molecular weight is 312 g/mol. The third kappa shape index (κ3) is 6.53. The van der Waals surface area contributed by atoms with Crippen molar-refractivity contribution in [2.45, 2.75) is 19.9 Å². The van der Waals surface area contributed by atoms with Gasteiger partial charge in [-0.1, -0.05) is 19.1 Å². The van der Waals surface area contributed by atoms with Crippen LogP contribution >= 0.6 is 24.4 Å². The highest BCUT2D eigenvalue weighted by atomic mass is 32.1. The molecule has 0 spiro atoms. The number of thiocarbonyl (C=S) groups is 2. The summed E-state index contributed by atoms with van der Waals surface area (Å²) in [5.41, 5.74) is 6.76. The van der Waals surface area contributed by atoms with E-state index in [-0.39, 0.29) is 0 Å². The van der Waals surface area contributed by atoms with Gasteiger partial charge < -0.3 is 15.4 Å². The van der Waals surface area contributed by atoms with E-state index in [1.54, 1.807) is 7.11 Å². The van der Waals surface area contributed by atoms with Gasteiger partial charge in [-0.2, -0.15) is 0 Å². The van der Waals surface area contributed by atoms with Crippen LogP contribution in [0.4, 0.5) is 0 Å². The second kappa shape index (κ2) is 9.33. The molecule has 110 valence electrons. The fourth-order valence-corrected chi connectivity index (χ4v) is 1.64. The van der Waals surface area contributed by atoms with Crippen LogP contribution in [0.2, 0.25) is 0 Å². The number of benzene rings is 1. The maximum Gasteiger partial charge on any atom is 0.185 e. The molecular weight excluding hydrogens is 292 g/mol. The van der Waals surface area contributed by atoms with Crippen molar-refractivity contribution in [1.29, 1.82) is 0 Å². The number of nitrogens with one attached hydrogen (secondary N) is 4. The van der Waals surface area contributed by atoms with Gasteiger partial charge in [-0.3, -0.25) is 10.9 Å². The normalized spacial score (nSPS) is 9.50. The maximum absolute atomic E-state index is 5.14. The number of hydrogen-bond acceptors (Lipinski definition) is 3. The Labute approximate surface area is 130 Å². The minimum atomic E-state index is 0.487. The molecule has 0 saturated carbocycles. The van der Waals surface area contributed by atoms with Gasteiger partial charge in [0.1, 0.15) is 5.75 Å². The minimum Gasteiger partial charge on any atom is -0.497 e. The zero-order chi connectivity index (χ0) is 14.8. The molecule has 20 heavy (non-hydrogen) atoms. The molecule has 1 aromatic carbocycles. The number of hydrazine groups is 1. The van der Waals surface area contributed by atoms with Gasteiger partial charge in [0.2, 0.25) is 0 Å². The third-order valence-corrected chi connectivity index (χ3v) is 2.93. The highest BCUT2D eigenvalue weighted by Crippen LogP contribution is 2.10. The van der Waals surface area contributed by atoms with E-state index >= 15 is 0 Å². The zero-order valence-corrected chi connectivity index (χ0v) is 13.3. The van der Waals surface area contributed by atoms with Crippen LogP contribution in [0.15, 0.2) is 24.3 Å². The van der Waals surface area contributed by atoms with Crippen molar-refractivity contribution >= 4 is 34.7 Å². The van der Waals surface area contributed by atoms with Crippen LogP contribution in [-0.4, -0.2) is 23.9 Å². The predicted octanol–water partition coefficient (Wildman–Crippen LogP) is 1.45. The third-order valence-electron chi connectivity index (χ3n) is 2.44. The van der Waals surface area contributed by atoms with Crippen molar-refractivity contribution in [2.24, 2.45) is 0 Å². The van der Waals surface area contributed by atoms with Crippen LogP contribution in [0.5, 0.6) is 5.75 Å². The second-order valence-electron chi connectivity index (χ2n) is 4.04. The Balaban J connectivity index is 2.23. The standard InChI is InChI=1S/C13H20N4OS2/c1-3-8-14-12(19)16-17-13(20)15-9-10-4-6-11(18-2)7-5-10/h4-7H,3,8-9H2,1-2H3,(H2,14,16,19)(H2,15,17,20). The van der Waals surface area contributed by atoms with Gasteiger partial charge in [-0.15, -0.1) is 0 Å². The zero-order valence-electron chi connectivity index (χ0n) is 11.7. The molecule has 0 fully saturated rings. The largest absolute Gasteiger partial charge is 0.497 e. The number of ether oxygens (including phenoxy) is 1. The van der Waals surface area contributed by atoms with Crippen LogP contribution < -0.4 is 26.2 Å². The summed E-state index contributed by atoms with van der Waals surface area (Å²) in [5, 5.41) is 7.12. The molecule has 0 saturated heterocycles. The second-order valence-corrected chi connectivity index (χ2v) is 4.85. The topological polar surface area (TPSA) is 57.3 Å². The molecular formula is C13H20N4OS2. The van der Waals surface area contributed by atoms with Gasteiger partial charge in [0, 0.05) is 13.1 Å². The molecule has 0 amide bonds. The van der Waals surface area contributed by atoms with Gasteiger partial charge in [0.25, 0.3) is 0 Å². The highest BCUT2D eigenvalue weighted by molar-refractivity contribution is 7.80. The van der Waals surface area contributed by atoms with Gasteiger partial charge in [-0.05, 0) is 48.6 Å². The number of rotatable bonds is 5. The summed E-state index contributed by atoms with van der Waals surface area (Å²) in [5.74, 6) is 0.837. The number of methoxy groups -OCH3 is 1. The lowest BCUT2D eigenvalue weighted by atomic mass is 10.2. The molecule has 0 aliphatic heterocycles. The summed E-state index contributed by atoms with van der Waals surface area (Å²) in [6.45, 7) is 3.54. The molecule has 0 aliphatic carbocycles. The smallest absolute Gasteiger partial charge is 0.185 e. The Morgan fingerprint density at radius 3 is 2.20 bits per heavy atom. The van der Waals surface area contributed by atoms with Crippen molar-refractivity contribution in [3.63, 3.8) is 0 Å². The van der Waals surface area contributed by atoms with E-state index in [2.05, 4.69) is 28.4 Å². The maximum atomic E-state index is 5.14. The summed E-state index contributed by atoms with van der Waals surface area (Å²) >= 11 is 10.2. The lowest BCUT2D eigenvalue weighted by Gasteiger charge is -2.14. The Morgan fingerprint density at radius 2 is 1.65 bits per heavy atom. The van der Waals surface area contributed by atoms with Crippen molar-refractivity contribution in [1.82, 2.24) is 21.5 Å². The molecule has 4 N–H and O–H groups in total. The Kier molecular flexibility index (Phi) is 7.67. The summed E-state index contributed by atoms with van der Waals surface area (Å²) in [6, 6.07) is 7.79. The summed E-state index contributed by atoms with van der Waals surface area (Å²) in [4.78, 5) is 0. The van der Waals surface area contributed by atoms with Crippen molar-refractivity contribution in [2.75, 3.05) is 13.7 Å². The van der Waals surface area contributed by atoms with E-state index in [0.717, 1.165) is 24.3 Å². The molecule has 1 rings (SSSR count). The molecule has 0 unspecified atom stereocenters. The Hall–Kier alpha value is -1.60. The van der Waals surface area contributed by atoms with Gasteiger partial charge >= 0.3 is 0 Å². The van der Waals surface area contributed by atoms with Crippen LogP contribution in [0.25, 0.3) is 0 Å². The number of hydrogen-bond donors (Lipinski definition) is 4. The van der Waals surface area contributed by atoms with Crippen LogP contribution in [0.1, 0.15) is 18.9 Å². The Bertz CT molecular complexity index is 437. The molecule has 0 heterocycles. The lowest BCUT2D eigenvalue weighted by Crippen LogP contribution is -2.50. The fraction of sp³-hybridized carbons (Fsp3) is 0.385. The van der Waals surface area contributed by atoms with Crippen molar-refractivity contribution in [3.05, 3.63) is 29.8 Å². The lowest BCUT2D eigenvalue weighted by molar-refractivity contribution is 0.414. The summed E-state index contributed by atoms with van der Waals surface area (Å²) in [7, 11) is 1.65. The molecule has 0 aromatic heterocycles. The molecule has 0 atom stereocenters. The van der Waals surface area contributed by atoms with Crippen LogP contribution in [0.3, 0.4) is 0 Å². The Morgan fingerprint density at radius 1 is 1.05 bits per heavy atom. The first-order valence-electron chi connectivity index (χ1n) is 6.36. The van der Waals surface area contributed by atoms with E-state index in [1.807, 2.05) is 24.3 Å². The predicted molar refractivity (Wildman–Crippen MR) is 89.6 cm³/mol. The quantitative estimate of drug-likeness (QED) is 0.485. The van der Waals surface area contributed by atoms with Crippen LogP contribution in [-0.2, 0) is 6.54 Å². The first-order chi connectivity index (χ1) is 9.65. The molecule has 7 heteroatoms. The SMILES string of the molecule is CCCNC(=S)NNC(=S)NCc1ccc(OC)cc1. The van der Waals surface area contributed by atoms with Crippen molar-refractivity contribution in [3.8, 4) is 5.75 Å². The van der Waals surface area contributed by atoms with Gasteiger partial charge in [-0.25, -0.2) is 0 Å². The van der Waals surface area contributed by atoms with Gasteiger partial charge in [0.05, 0.1) is 7.11 Å². The molecule has 0 radical (unpaired) electrons. The van der Waals surface area contributed by atoms with E-state index in [0.29, 0.717) is 16.8 Å². The first-order valence-corrected chi connectivity index (χ1v) is 7.18. The highest BCUT2D eigenvalue weighted by Gasteiger charge is 1.98. The van der Waals surface area contributed by atoms with E-state index in [9.17, 15) is 0 Å². The molecule has 5 nitrogen and oxygen atoms in total. The first kappa shape index (κ1) is 16.5.